The summed E-state index contributed by atoms with van der Waals surface area (Å²) in [6.45, 7) is 4.28. The molecule has 0 spiro atoms. The number of rotatable bonds is 4. The number of imidazole rings is 1. The number of hydrogen-bond acceptors (Lipinski definition) is 3. The molecule has 1 saturated heterocycles. The molecule has 26 heavy (non-hydrogen) atoms. The molecule has 0 unspecified atom stereocenters. The Balaban J connectivity index is 1.38. The Morgan fingerprint density at radius 1 is 1.23 bits per heavy atom. The molecule has 4 rings (SSSR count). The number of H-pyrrole nitrogens is 1. The van der Waals surface area contributed by atoms with E-state index in [9.17, 15) is 4.79 Å². The van der Waals surface area contributed by atoms with Gasteiger partial charge in [0.05, 0.1) is 17.6 Å². The highest BCUT2D eigenvalue weighted by molar-refractivity contribution is 5.92. The molecule has 1 amide bonds. The van der Waals surface area contributed by atoms with Crippen molar-refractivity contribution in [1.29, 1.82) is 0 Å². The first-order valence-electron chi connectivity index (χ1n) is 9.21. The van der Waals surface area contributed by atoms with Gasteiger partial charge in [0.2, 0.25) is 5.91 Å². The van der Waals surface area contributed by atoms with Gasteiger partial charge in [-0.05, 0) is 50.6 Å². The van der Waals surface area contributed by atoms with E-state index in [2.05, 4.69) is 21.3 Å². The zero-order chi connectivity index (χ0) is 17.9. The molecule has 2 N–H and O–H groups in total. The van der Waals surface area contributed by atoms with E-state index in [0.717, 1.165) is 48.5 Å². The molecule has 5 nitrogen and oxygen atoms in total. The van der Waals surface area contributed by atoms with Gasteiger partial charge in [-0.15, -0.1) is 0 Å². The van der Waals surface area contributed by atoms with Crippen LogP contribution in [0.4, 0.5) is 5.69 Å². The first-order valence-corrected chi connectivity index (χ1v) is 9.21. The van der Waals surface area contributed by atoms with Crippen LogP contribution in [0.3, 0.4) is 0 Å². The van der Waals surface area contributed by atoms with Gasteiger partial charge in [0.1, 0.15) is 5.82 Å². The van der Waals surface area contributed by atoms with Gasteiger partial charge in [-0.1, -0.05) is 29.8 Å². The molecule has 3 aromatic rings. The summed E-state index contributed by atoms with van der Waals surface area (Å²) >= 11 is 0. The van der Waals surface area contributed by atoms with Crippen LogP contribution in [0.1, 0.15) is 30.1 Å². The maximum absolute atomic E-state index is 12.4. The third-order valence-electron chi connectivity index (χ3n) is 5.00. The van der Waals surface area contributed by atoms with Gasteiger partial charge >= 0.3 is 0 Å². The standard InChI is InChI=1S/C21H24N4O/c1-15-8-10-17(11-9-15)22-20(26)14-25-12-4-5-16(13-25)21-23-18-6-2-3-7-19(18)24-21/h2-3,6-11,16H,4-5,12-14H2,1H3,(H,22,26)(H,23,24)/t16-/m0/s1. The molecule has 5 heteroatoms. The Bertz CT molecular complexity index is 867. The number of aromatic nitrogens is 2. The maximum atomic E-state index is 12.4. The van der Waals surface area contributed by atoms with Crippen molar-refractivity contribution in [3.05, 3.63) is 59.9 Å². The zero-order valence-corrected chi connectivity index (χ0v) is 15.0. The summed E-state index contributed by atoms with van der Waals surface area (Å²) in [5.41, 5.74) is 4.13. The van der Waals surface area contributed by atoms with Crippen molar-refractivity contribution < 1.29 is 4.79 Å². The van der Waals surface area contributed by atoms with Crippen molar-refractivity contribution in [3.8, 4) is 0 Å². The molecular formula is C21H24N4O. The summed E-state index contributed by atoms with van der Waals surface area (Å²) < 4.78 is 0. The van der Waals surface area contributed by atoms with E-state index < -0.39 is 0 Å². The highest BCUT2D eigenvalue weighted by Gasteiger charge is 2.25. The molecule has 0 aliphatic carbocycles. The lowest BCUT2D eigenvalue weighted by atomic mass is 9.97. The van der Waals surface area contributed by atoms with Crippen LogP contribution in [0.2, 0.25) is 0 Å². The summed E-state index contributed by atoms with van der Waals surface area (Å²) in [7, 11) is 0. The van der Waals surface area contributed by atoms with Gasteiger partial charge in [0, 0.05) is 18.2 Å². The van der Waals surface area contributed by atoms with Crippen LogP contribution in [-0.2, 0) is 4.79 Å². The summed E-state index contributed by atoms with van der Waals surface area (Å²) in [4.78, 5) is 22.8. The van der Waals surface area contributed by atoms with Gasteiger partial charge in [-0.3, -0.25) is 9.69 Å². The number of nitrogens with zero attached hydrogens (tertiary/aromatic N) is 2. The Morgan fingerprint density at radius 2 is 2.04 bits per heavy atom. The molecule has 1 aromatic heterocycles. The Labute approximate surface area is 153 Å². The number of carbonyl (C=O) groups is 1. The van der Waals surface area contributed by atoms with Gasteiger partial charge in [0.15, 0.2) is 0 Å². The fraction of sp³-hybridized carbons (Fsp3) is 0.333. The van der Waals surface area contributed by atoms with Crippen LogP contribution in [0.5, 0.6) is 0 Å². The number of piperidine rings is 1. The lowest BCUT2D eigenvalue weighted by molar-refractivity contribution is -0.117. The SMILES string of the molecule is Cc1ccc(NC(=O)CN2CCC[C@H](c3nc4ccccc4[nH]3)C2)cc1. The molecular weight excluding hydrogens is 324 g/mol. The third kappa shape index (κ3) is 3.78. The van der Waals surface area contributed by atoms with E-state index >= 15 is 0 Å². The predicted molar refractivity (Wildman–Crippen MR) is 104 cm³/mol. The van der Waals surface area contributed by atoms with Crippen molar-refractivity contribution in [3.63, 3.8) is 0 Å². The van der Waals surface area contributed by atoms with Crippen molar-refractivity contribution in [2.75, 3.05) is 25.0 Å². The average molecular weight is 348 g/mol. The van der Waals surface area contributed by atoms with Crippen molar-refractivity contribution in [1.82, 2.24) is 14.9 Å². The van der Waals surface area contributed by atoms with Crippen LogP contribution in [0.15, 0.2) is 48.5 Å². The number of likely N-dealkylation sites (tertiary alicyclic amines) is 1. The summed E-state index contributed by atoms with van der Waals surface area (Å²) in [5, 5.41) is 2.99. The molecule has 134 valence electrons. The monoisotopic (exact) mass is 348 g/mol. The number of carbonyl (C=O) groups excluding carboxylic acids is 1. The number of fused-ring (bicyclic) bond motifs is 1. The number of anilines is 1. The van der Waals surface area contributed by atoms with E-state index in [1.807, 2.05) is 49.4 Å². The average Bonchev–Trinajstić information content (AvgIpc) is 3.08. The van der Waals surface area contributed by atoms with Gasteiger partial charge < -0.3 is 10.3 Å². The second-order valence-electron chi connectivity index (χ2n) is 7.13. The minimum absolute atomic E-state index is 0.0408. The molecule has 1 aliphatic heterocycles. The van der Waals surface area contributed by atoms with E-state index in [0.29, 0.717) is 12.5 Å². The lowest BCUT2D eigenvalue weighted by Gasteiger charge is -2.31. The molecule has 1 aliphatic rings. The highest BCUT2D eigenvalue weighted by atomic mass is 16.2. The number of aryl methyl sites for hydroxylation is 1. The second-order valence-corrected chi connectivity index (χ2v) is 7.13. The van der Waals surface area contributed by atoms with Gasteiger partial charge in [0.25, 0.3) is 0 Å². The number of benzene rings is 2. The van der Waals surface area contributed by atoms with E-state index in [1.54, 1.807) is 0 Å². The number of hydrogen-bond donors (Lipinski definition) is 2. The zero-order valence-electron chi connectivity index (χ0n) is 15.0. The Kier molecular flexibility index (Phi) is 4.71. The Hall–Kier alpha value is -2.66. The van der Waals surface area contributed by atoms with Gasteiger partial charge in [-0.25, -0.2) is 4.98 Å². The minimum Gasteiger partial charge on any atom is -0.342 e. The number of amides is 1. The normalized spacial score (nSPS) is 18.1. The fourth-order valence-corrected chi connectivity index (χ4v) is 3.63. The van der Waals surface area contributed by atoms with Crippen LogP contribution >= 0.6 is 0 Å². The van der Waals surface area contributed by atoms with Crippen LogP contribution in [0.25, 0.3) is 11.0 Å². The summed E-state index contributed by atoms with van der Waals surface area (Å²) in [6.07, 6.45) is 2.19. The first-order chi connectivity index (χ1) is 12.7. The van der Waals surface area contributed by atoms with Crippen LogP contribution < -0.4 is 5.32 Å². The minimum atomic E-state index is 0.0408. The number of para-hydroxylation sites is 2. The van der Waals surface area contributed by atoms with Crippen molar-refractivity contribution in [2.45, 2.75) is 25.7 Å². The molecule has 1 atom stereocenters. The smallest absolute Gasteiger partial charge is 0.238 e. The van der Waals surface area contributed by atoms with E-state index in [1.165, 1.54) is 5.56 Å². The first kappa shape index (κ1) is 16.8. The summed E-state index contributed by atoms with van der Waals surface area (Å²) in [6, 6.07) is 16.0. The maximum Gasteiger partial charge on any atom is 0.238 e. The lowest BCUT2D eigenvalue weighted by Crippen LogP contribution is -2.40. The highest BCUT2D eigenvalue weighted by Crippen LogP contribution is 2.26. The fourth-order valence-electron chi connectivity index (χ4n) is 3.63. The molecule has 2 aromatic carbocycles. The molecule has 0 saturated carbocycles. The topological polar surface area (TPSA) is 61.0 Å². The molecule has 1 fully saturated rings. The van der Waals surface area contributed by atoms with Crippen molar-refractivity contribution in [2.24, 2.45) is 0 Å². The molecule has 0 radical (unpaired) electrons. The summed E-state index contributed by atoms with van der Waals surface area (Å²) in [5.74, 6) is 1.43. The van der Waals surface area contributed by atoms with E-state index in [-0.39, 0.29) is 5.91 Å². The van der Waals surface area contributed by atoms with Gasteiger partial charge in [-0.2, -0.15) is 0 Å². The van der Waals surface area contributed by atoms with E-state index in [4.69, 9.17) is 4.98 Å². The number of nitrogens with one attached hydrogen (secondary N) is 2. The number of aromatic amines is 1. The third-order valence-corrected chi connectivity index (χ3v) is 5.00. The largest absolute Gasteiger partial charge is 0.342 e. The predicted octanol–water partition coefficient (Wildman–Crippen LogP) is 3.69. The second kappa shape index (κ2) is 7.30. The van der Waals surface area contributed by atoms with Crippen LogP contribution in [0, 0.1) is 6.92 Å². The Morgan fingerprint density at radius 3 is 2.85 bits per heavy atom. The molecule has 2 heterocycles. The van der Waals surface area contributed by atoms with Crippen molar-refractivity contribution >= 4 is 22.6 Å². The van der Waals surface area contributed by atoms with Crippen LogP contribution in [-0.4, -0.2) is 40.4 Å². The molecule has 0 bridgehead atoms. The quantitative estimate of drug-likeness (QED) is 0.756.